The lowest BCUT2D eigenvalue weighted by atomic mass is 9.93. The highest BCUT2D eigenvalue weighted by Crippen LogP contribution is 2.41. The van der Waals surface area contributed by atoms with Crippen molar-refractivity contribution in [2.24, 2.45) is 0 Å². The number of hydrogen-bond donors (Lipinski definition) is 0. The van der Waals surface area contributed by atoms with Crippen LogP contribution in [0.5, 0.6) is 0 Å². The van der Waals surface area contributed by atoms with E-state index in [2.05, 4.69) is 175 Å². The number of benzene rings is 8. The van der Waals surface area contributed by atoms with Crippen LogP contribution in [0.25, 0.3) is 76.8 Å². The Bertz CT molecular complexity index is 2850. The Morgan fingerprint density at radius 3 is 1.76 bits per heavy atom. The average Bonchev–Trinajstić information content (AvgIpc) is 3.54. The molecule has 0 unspecified atom stereocenters. The van der Waals surface area contributed by atoms with Crippen LogP contribution in [0.15, 0.2) is 186 Å². The summed E-state index contributed by atoms with van der Waals surface area (Å²) in [5, 5.41) is 8.20. The number of hydrogen-bond acceptors (Lipinski definition) is 3. The maximum atomic E-state index is 6.27. The molecule has 0 saturated carbocycles. The average molecular weight is 639 g/mol. The molecule has 50 heavy (non-hydrogen) atoms. The topological polar surface area (TPSA) is 29.3 Å². The fourth-order valence-electron chi connectivity index (χ4n) is 7.39. The van der Waals surface area contributed by atoms with E-state index >= 15 is 0 Å². The minimum absolute atomic E-state index is 0.654. The zero-order valence-corrected chi connectivity index (χ0v) is 27.1. The zero-order chi connectivity index (χ0) is 33.0. The summed E-state index contributed by atoms with van der Waals surface area (Å²) < 4.78 is 6.27. The molecule has 0 amide bonds. The Kier molecular flexibility index (Phi) is 6.49. The predicted molar refractivity (Wildman–Crippen MR) is 210 cm³/mol. The summed E-state index contributed by atoms with van der Waals surface area (Å²) in [5.41, 5.74) is 10.4. The summed E-state index contributed by atoms with van der Waals surface area (Å²) in [4.78, 5) is 7.17. The van der Waals surface area contributed by atoms with Gasteiger partial charge in [-0.25, -0.2) is 4.98 Å². The first-order chi connectivity index (χ1) is 24.8. The van der Waals surface area contributed by atoms with Gasteiger partial charge in [-0.05, 0) is 104 Å². The summed E-state index contributed by atoms with van der Waals surface area (Å²) >= 11 is 0. The Balaban J connectivity index is 1.12. The number of para-hydroxylation sites is 1. The molecule has 0 fully saturated rings. The lowest BCUT2D eigenvalue weighted by Crippen LogP contribution is -2.09. The van der Waals surface area contributed by atoms with Gasteiger partial charge in [-0.1, -0.05) is 121 Å². The van der Waals surface area contributed by atoms with Gasteiger partial charge in [0.05, 0.1) is 5.52 Å². The molecule has 10 rings (SSSR count). The lowest BCUT2D eigenvalue weighted by Gasteiger charge is -2.26. The first-order valence-corrected chi connectivity index (χ1v) is 17.0. The van der Waals surface area contributed by atoms with Crippen molar-refractivity contribution >= 4 is 71.6 Å². The van der Waals surface area contributed by atoms with Gasteiger partial charge in [0.25, 0.3) is 0 Å². The number of nitrogens with zero attached hydrogens (tertiary/aromatic N) is 2. The molecule has 2 heterocycles. The molecule has 0 radical (unpaired) electrons. The van der Waals surface area contributed by atoms with E-state index in [-0.39, 0.29) is 0 Å². The fourth-order valence-corrected chi connectivity index (χ4v) is 7.39. The van der Waals surface area contributed by atoms with E-state index in [1.807, 2.05) is 12.1 Å². The molecule has 2 aromatic heterocycles. The van der Waals surface area contributed by atoms with Crippen LogP contribution in [0.4, 0.5) is 17.1 Å². The number of fused-ring (bicyclic) bond motifs is 7. The Morgan fingerprint density at radius 2 is 0.980 bits per heavy atom. The van der Waals surface area contributed by atoms with E-state index in [1.54, 1.807) is 0 Å². The van der Waals surface area contributed by atoms with Crippen LogP contribution >= 0.6 is 0 Å². The van der Waals surface area contributed by atoms with Crippen molar-refractivity contribution in [3.05, 3.63) is 182 Å². The molecule has 0 spiro atoms. The normalized spacial score (nSPS) is 11.6. The third-order valence-corrected chi connectivity index (χ3v) is 9.84. The zero-order valence-electron chi connectivity index (χ0n) is 27.1. The van der Waals surface area contributed by atoms with E-state index in [1.165, 1.54) is 43.8 Å². The van der Waals surface area contributed by atoms with Crippen LogP contribution in [-0.2, 0) is 0 Å². The Morgan fingerprint density at radius 1 is 0.380 bits per heavy atom. The van der Waals surface area contributed by atoms with E-state index in [0.29, 0.717) is 5.71 Å². The van der Waals surface area contributed by atoms with Crippen LogP contribution in [0.1, 0.15) is 0 Å². The number of anilines is 3. The molecule has 234 valence electrons. The van der Waals surface area contributed by atoms with E-state index < -0.39 is 0 Å². The monoisotopic (exact) mass is 638 g/mol. The van der Waals surface area contributed by atoms with Crippen molar-refractivity contribution in [3.63, 3.8) is 0 Å². The Labute approximate surface area is 289 Å². The maximum absolute atomic E-state index is 6.27. The van der Waals surface area contributed by atoms with Gasteiger partial charge in [0.15, 0.2) is 0 Å². The summed E-state index contributed by atoms with van der Waals surface area (Å²) in [6.07, 6.45) is 0. The summed E-state index contributed by atoms with van der Waals surface area (Å²) in [7, 11) is 0. The first kappa shape index (κ1) is 28.3. The van der Waals surface area contributed by atoms with Crippen molar-refractivity contribution in [3.8, 4) is 22.3 Å². The van der Waals surface area contributed by atoms with Gasteiger partial charge in [0.1, 0.15) is 5.58 Å². The second-order valence-corrected chi connectivity index (χ2v) is 12.8. The fraction of sp³-hybridized carbons (Fsp3) is 0. The molecule has 8 aromatic carbocycles. The lowest BCUT2D eigenvalue weighted by molar-refractivity contribution is 0.656. The van der Waals surface area contributed by atoms with Crippen molar-refractivity contribution in [1.82, 2.24) is 4.98 Å². The third kappa shape index (κ3) is 4.71. The largest absolute Gasteiger partial charge is 0.438 e. The van der Waals surface area contributed by atoms with Gasteiger partial charge >= 0.3 is 0 Å². The molecule has 0 atom stereocenters. The van der Waals surface area contributed by atoms with Crippen LogP contribution in [0.3, 0.4) is 0 Å². The van der Waals surface area contributed by atoms with Crippen LogP contribution < -0.4 is 4.90 Å². The van der Waals surface area contributed by atoms with Crippen molar-refractivity contribution < 1.29 is 4.42 Å². The van der Waals surface area contributed by atoms with E-state index in [9.17, 15) is 0 Å². The summed E-state index contributed by atoms with van der Waals surface area (Å²) in [5.74, 6) is 0. The van der Waals surface area contributed by atoms with Crippen molar-refractivity contribution in [1.29, 1.82) is 0 Å². The van der Waals surface area contributed by atoms with E-state index in [0.717, 1.165) is 44.3 Å². The van der Waals surface area contributed by atoms with Gasteiger partial charge < -0.3 is 9.32 Å². The third-order valence-electron chi connectivity index (χ3n) is 9.84. The summed E-state index contributed by atoms with van der Waals surface area (Å²) in [6, 6.07) is 64.8. The van der Waals surface area contributed by atoms with Crippen molar-refractivity contribution in [2.75, 3.05) is 4.90 Å². The molecular weight excluding hydrogens is 609 g/mol. The highest BCUT2D eigenvalue weighted by Gasteiger charge is 2.17. The molecule has 0 bridgehead atoms. The predicted octanol–water partition coefficient (Wildman–Crippen LogP) is 13.2. The summed E-state index contributed by atoms with van der Waals surface area (Å²) in [6.45, 7) is 0. The number of rotatable bonds is 5. The molecule has 0 aliphatic carbocycles. The molecule has 3 heteroatoms. The molecule has 0 saturated heterocycles. The molecular formula is C47H30N2O. The quantitative estimate of drug-likeness (QED) is 0.176. The molecule has 0 N–H and O–H groups in total. The second-order valence-electron chi connectivity index (χ2n) is 12.8. The van der Waals surface area contributed by atoms with Crippen LogP contribution in [0, 0.1) is 0 Å². The van der Waals surface area contributed by atoms with Crippen molar-refractivity contribution in [2.45, 2.75) is 0 Å². The molecule has 10 aromatic rings. The highest BCUT2D eigenvalue weighted by atomic mass is 16.3. The van der Waals surface area contributed by atoms with Crippen LogP contribution in [-0.4, -0.2) is 4.98 Å². The minimum atomic E-state index is 0.654. The molecule has 0 aliphatic heterocycles. The number of furan rings is 1. The van der Waals surface area contributed by atoms with Gasteiger partial charge in [0.2, 0.25) is 5.71 Å². The second kappa shape index (κ2) is 11.5. The SMILES string of the molecule is c1ccc(-c2ccc(N(c3ccc(-c4cc5ccccc5c5ccccc45)cc3)c3ccc4oc5nc6ccccc6cc5c4c3)cc2)cc1. The Hall–Kier alpha value is -6.71. The first-order valence-electron chi connectivity index (χ1n) is 17.0. The standard InChI is InChI=1S/C47H30N2O/c1-2-10-31(11-3-1)32-18-22-36(23-19-32)49(38-26-27-46-43(30-38)44-29-35-13-5-9-17-45(35)48-47(44)50-46)37-24-20-33(21-25-37)42-28-34-12-4-6-14-39(34)40-15-7-8-16-41(40)42/h1-30H. The smallest absolute Gasteiger partial charge is 0.227 e. The number of pyridine rings is 1. The van der Waals surface area contributed by atoms with Gasteiger partial charge in [-0.3, -0.25) is 0 Å². The minimum Gasteiger partial charge on any atom is -0.438 e. The van der Waals surface area contributed by atoms with Crippen LogP contribution in [0.2, 0.25) is 0 Å². The van der Waals surface area contributed by atoms with Gasteiger partial charge in [0, 0.05) is 33.2 Å². The highest BCUT2D eigenvalue weighted by molar-refractivity contribution is 6.14. The number of aromatic nitrogens is 1. The van der Waals surface area contributed by atoms with Gasteiger partial charge in [-0.15, -0.1) is 0 Å². The maximum Gasteiger partial charge on any atom is 0.227 e. The molecule has 0 aliphatic rings. The van der Waals surface area contributed by atoms with Gasteiger partial charge in [-0.2, -0.15) is 0 Å². The molecule has 3 nitrogen and oxygen atoms in total. The van der Waals surface area contributed by atoms with E-state index in [4.69, 9.17) is 9.40 Å².